The lowest BCUT2D eigenvalue weighted by molar-refractivity contribution is -0.122. The Morgan fingerprint density at radius 2 is 1.86 bits per heavy atom. The molecule has 1 fully saturated rings. The fourth-order valence-electron chi connectivity index (χ4n) is 3.80. The standard InChI is InChI=1S/C22H36N4O3/c1-23-22(25-13-12-24-21(27)14-17-8-6-5-7-9-17)26(2)16-18-10-11-19(28-3)15-20(18)29-4/h10-11,15,17H,5-9,12-14,16H2,1-4H3,(H,23,25)(H,24,27). The molecule has 1 aromatic carbocycles. The third-order valence-corrected chi connectivity index (χ3v) is 5.40. The van der Waals surface area contributed by atoms with E-state index in [1.807, 2.05) is 30.1 Å². The summed E-state index contributed by atoms with van der Waals surface area (Å²) in [5, 5.41) is 6.32. The van der Waals surface area contributed by atoms with E-state index in [9.17, 15) is 4.79 Å². The van der Waals surface area contributed by atoms with Gasteiger partial charge in [-0.3, -0.25) is 9.79 Å². The van der Waals surface area contributed by atoms with Gasteiger partial charge in [-0.2, -0.15) is 0 Å². The first kappa shape index (κ1) is 22.8. The van der Waals surface area contributed by atoms with Gasteiger partial charge in [0.25, 0.3) is 0 Å². The number of hydrogen-bond acceptors (Lipinski definition) is 4. The minimum atomic E-state index is 0.157. The van der Waals surface area contributed by atoms with E-state index < -0.39 is 0 Å². The van der Waals surface area contributed by atoms with Crippen molar-refractivity contribution in [3.05, 3.63) is 23.8 Å². The Labute approximate surface area is 174 Å². The molecule has 1 amide bonds. The van der Waals surface area contributed by atoms with E-state index in [2.05, 4.69) is 15.6 Å². The number of hydrogen-bond donors (Lipinski definition) is 2. The molecule has 1 aromatic rings. The maximum absolute atomic E-state index is 12.1. The van der Waals surface area contributed by atoms with Gasteiger partial charge in [0.2, 0.25) is 5.91 Å². The van der Waals surface area contributed by atoms with Gasteiger partial charge in [0, 0.05) is 51.8 Å². The molecule has 0 bridgehead atoms. The molecule has 0 unspecified atom stereocenters. The first-order valence-electron chi connectivity index (χ1n) is 10.5. The van der Waals surface area contributed by atoms with Crippen molar-refractivity contribution in [1.29, 1.82) is 0 Å². The van der Waals surface area contributed by atoms with Crippen molar-refractivity contribution in [3.8, 4) is 11.5 Å². The number of nitrogens with one attached hydrogen (secondary N) is 2. The van der Waals surface area contributed by atoms with Crippen LogP contribution in [0.5, 0.6) is 11.5 Å². The second-order valence-electron chi connectivity index (χ2n) is 7.57. The van der Waals surface area contributed by atoms with E-state index >= 15 is 0 Å². The van der Waals surface area contributed by atoms with E-state index in [0.717, 1.165) is 23.0 Å². The number of carbonyl (C=O) groups excluding carboxylic acids is 1. The molecule has 7 heteroatoms. The summed E-state index contributed by atoms with van der Waals surface area (Å²) >= 11 is 0. The number of methoxy groups -OCH3 is 2. The van der Waals surface area contributed by atoms with Gasteiger partial charge in [0.15, 0.2) is 5.96 Å². The number of nitrogens with zero attached hydrogens (tertiary/aromatic N) is 2. The van der Waals surface area contributed by atoms with Gasteiger partial charge in [-0.1, -0.05) is 19.3 Å². The van der Waals surface area contributed by atoms with Gasteiger partial charge >= 0.3 is 0 Å². The highest BCUT2D eigenvalue weighted by molar-refractivity contribution is 5.80. The Bertz CT molecular complexity index is 672. The number of carbonyl (C=O) groups is 1. The average Bonchev–Trinajstić information content (AvgIpc) is 2.74. The molecule has 0 heterocycles. The van der Waals surface area contributed by atoms with Crippen LogP contribution in [0, 0.1) is 5.92 Å². The summed E-state index contributed by atoms with van der Waals surface area (Å²) in [4.78, 5) is 18.5. The largest absolute Gasteiger partial charge is 0.497 e. The molecule has 1 aliphatic carbocycles. The van der Waals surface area contributed by atoms with Crippen molar-refractivity contribution in [2.75, 3.05) is 41.4 Å². The van der Waals surface area contributed by atoms with Crippen LogP contribution in [0.25, 0.3) is 0 Å². The van der Waals surface area contributed by atoms with E-state index in [1.165, 1.54) is 32.1 Å². The van der Waals surface area contributed by atoms with Gasteiger partial charge < -0.3 is 25.0 Å². The van der Waals surface area contributed by atoms with Crippen LogP contribution in [0.3, 0.4) is 0 Å². The SMILES string of the molecule is CN=C(NCCNC(=O)CC1CCCCC1)N(C)Cc1ccc(OC)cc1OC. The van der Waals surface area contributed by atoms with Crippen LogP contribution >= 0.6 is 0 Å². The molecule has 0 aromatic heterocycles. The fraction of sp³-hybridized carbons (Fsp3) is 0.636. The molecule has 0 atom stereocenters. The van der Waals surface area contributed by atoms with Crippen LogP contribution in [0.1, 0.15) is 44.1 Å². The second-order valence-corrected chi connectivity index (χ2v) is 7.57. The monoisotopic (exact) mass is 404 g/mol. The first-order valence-corrected chi connectivity index (χ1v) is 10.5. The quantitative estimate of drug-likeness (QED) is 0.376. The summed E-state index contributed by atoms with van der Waals surface area (Å²) in [6.07, 6.45) is 6.89. The normalized spacial score (nSPS) is 15.0. The van der Waals surface area contributed by atoms with Gasteiger partial charge in [-0.05, 0) is 30.9 Å². The molecule has 1 saturated carbocycles. The Hall–Kier alpha value is -2.44. The van der Waals surface area contributed by atoms with Crippen molar-refractivity contribution in [2.24, 2.45) is 10.9 Å². The highest BCUT2D eigenvalue weighted by Crippen LogP contribution is 2.26. The minimum Gasteiger partial charge on any atom is -0.497 e. The summed E-state index contributed by atoms with van der Waals surface area (Å²) in [7, 11) is 7.02. The molecule has 1 aliphatic rings. The molecular weight excluding hydrogens is 368 g/mol. The van der Waals surface area contributed by atoms with Crippen LogP contribution in [-0.4, -0.2) is 58.2 Å². The summed E-state index contributed by atoms with van der Waals surface area (Å²) in [5.74, 6) is 3.03. The number of benzene rings is 1. The topological polar surface area (TPSA) is 75.2 Å². The lowest BCUT2D eigenvalue weighted by atomic mass is 9.87. The fourth-order valence-corrected chi connectivity index (χ4v) is 3.80. The van der Waals surface area contributed by atoms with E-state index in [4.69, 9.17) is 9.47 Å². The molecule has 29 heavy (non-hydrogen) atoms. The number of aliphatic imine (C=N–C) groups is 1. The van der Waals surface area contributed by atoms with E-state index in [-0.39, 0.29) is 5.91 Å². The van der Waals surface area contributed by atoms with E-state index in [0.29, 0.717) is 32.0 Å². The average molecular weight is 405 g/mol. The summed E-state index contributed by atoms with van der Waals surface area (Å²) in [6, 6.07) is 5.79. The van der Waals surface area contributed by atoms with Crippen molar-refractivity contribution in [1.82, 2.24) is 15.5 Å². The lowest BCUT2D eigenvalue weighted by Crippen LogP contribution is -2.42. The maximum Gasteiger partial charge on any atom is 0.220 e. The Morgan fingerprint density at radius 3 is 2.52 bits per heavy atom. The van der Waals surface area contributed by atoms with Crippen molar-refractivity contribution < 1.29 is 14.3 Å². The number of amides is 1. The van der Waals surface area contributed by atoms with Crippen LogP contribution in [-0.2, 0) is 11.3 Å². The molecule has 2 N–H and O–H groups in total. The predicted octanol–water partition coefficient (Wildman–Crippen LogP) is 2.80. The van der Waals surface area contributed by atoms with Crippen molar-refractivity contribution in [3.63, 3.8) is 0 Å². The smallest absolute Gasteiger partial charge is 0.220 e. The second kappa shape index (κ2) is 12.2. The van der Waals surface area contributed by atoms with Crippen LogP contribution in [0.2, 0.25) is 0 Å². The summed E-state index contributed by atoms with van der Waals surface area (Å²) in [6.45, 7) is 1.86. The van der Waals surface area contributed by atoms with Gasteiger partial charge in [0.1, 0.15) is 11.5 Å². The minimum absolute atomic E-state index is 0.157. The highest BCUT2D eigenvalue weighted by atomic mass is 16.5. The molecule has 162 valence electrons. The predicted molar refractivity (Wildman–Crippen MR) is 117 cm³/mol. The lowest BCUT2D eigenvalue weighted by Gasteiger charge is -2.23. The zero-order chi connectivity index (χ0) is 21.1. The first-order chi connectivity index (χ1) is 14.1. The molecular formula is C22H36N4O3. The molecule has 7 nitrogen and oxygen atoms in total. The van der Waals surface area contributed by atoms with Crippen LogP contribution in [0.4, 0.5) is 0 Å². The molecule has 2 rings (SSSR count). The Morgan fingerprint density at radius 1 is 1.14 bits per heavy atom. The molecule has 0 spiro atoms. The molecule has 0 saturated heterocycles. The number of ether oxygens (including phenoxy) is 2. The zero-order valence-corrected chi connectivity index (χ0v) is 18.3. The number of rotatable bonds is 9. The Kier molecular flexibility index (Phi) is 9.60. The third kappa shape index (κ3) is 7.48. The summed E-state index contributed by atoms with van der Waals surface area (Å²) in [5.41, 5.74) is 1.04. The van der Waals surface area contributed by atoms with E-state index in [1.54, 1.807) is 21.3 Å². The van der Waals surface area contributed by atoms with Crippen LogP contribution < -0.4 is 20.1 Å². The maximum atomic E-state index is 12.1. The van der Waals surface area contributed by atoms with Crippen LogP contribution in [0.15, 0.2) is 23.2 Å². The van der Waals surface area contributed by atoms with Gasteiger partial charge in [0.05, 0.1) is 14.2 Å². The molecule has 0 aliphatic heterocycles. The summed E-state index contributed by atoms with van der Waals surface area (Å²) < 4.78 is 10.7. The number of guanidine groups is 1. The highest BCUT2D eigenvalue weighted by Gasteiger charge is 2.17. The van der Waals surface area contributed by atoms with Gasteiger partial charge in [-0.25, -0.2) is 0 Å². The zero-order valence-electron chi connectivity index (χ0n) is 18.3. The molecule has 0 radical (unpaired) electrons. The van der Waals surface area contributed by atoms with Crippen molar-refractivity contribution >= 4 is 11.9 Å². The van der Waals surface area contributed by atoms with Crippen molar-refractivity contribution in [2.45, 2.75) is 45.1 Å². The van der Waals surface area contributed by atoms with Gasteiger partial charge in [-0.15, -0.1) is 0 Å². The Balaban J connectivity index is 1.75. The third-order valence-electron chi connectivity index (χ3n) is 5.40.